The lowest BCUT2D eigenvalue weighted by molar-refractivity contribution is 0.0526. The Kier molecular flexibility index (Phi) is 6.20. The van der Waals surface area contributed by atoms with Gasteiger partial charge in [-0.05, 0) is 48.0 Å². The highest BCUT2D eigenvalue weighted by atomic mass is 35.5. The number of carbonyl (C=O) groups is 1. The number of fused-ring (bicyclic) bond motifs is 1. The topological polar surface area (TPSA) is 77.0 Å². The van der Waals surface area contributed by atoms with Gasteiger partial charge in [-0.15, -0.1) is 11.3 Å². The van der Waals surface area contributed by atoms with Gasteiger partial charge in [-0.2, -0.15) is 0 Å². The van der Waals surface area contributed by atoms with E-state index in [0.29, 0.717) is 21.8 Å². The number of rotatable bonds is 6. The van der Waals surface area contributed by atoms with E-state index in [4.69, 9.17) is 21.3 Å². The number of aromatic nitrogens is 3. The van der Waals surface area contributed by atoms with E-state index in [9.17, 15) is 4.79 Å². The van der Waals surface area contributed by atoms with E-state index >= 15 is 0 Å². The van der Waals surface area contributed by atoms with Crippen LogP contribution >= 0.6 is 22.9 Å². The molecule has 0 spiro atoms. The lowest BCUT2D eigenvalue weighted by atomic mass is 10.1. The summed E-state index contributed by atoms with van der Waals surface area (Å²) in [6, 6.07) is 21.6. The van der Waals surface area contributed by atoms with E-state index in [1.54, 1.807) is 19.1 Å². The number of ether oxygens (including phenoxy) is 1. The van der Waals surface area contributed by atoms with Crippen molar-refractivity contribution >= 4 is 50.6 Å². The Morgan fingerprint density at radius 3 is 2.56 bits per heavy atom. The van der Waals surface area contributed by atoms with Crippen molar-refractivity contribution < 1.29 is 9.53 Å². The van der Waals surface area contributed by atoms with Gasteiger partial charge in [0.25, 0.3) is 0 Å². The van der Waals surface area contributed by atoms with Crippen molar-refractivity contribution in [2.45, 2.75) is 6.92 Å². The summed E-state index contributed by atoms with van der Waals surface area (Å²) < 4.78 is 5.19. The number of hydrogen-bond acceptors (Lipinski definition) is 7. The molecule has 1 N–H and O–H groups in total. The fourth-order valence-electron chi connectivity index (χ4n) is 3.49. The van der Waals surface area contributed by atoms with Crippen molar-refractivity contribution in [3.8, 4) is 22.6 Å². The first-order valence-corrected chi connectivity index (χ1v) is 11.9. The maximum Gasteiger partial charge on any atom is 0.343 e. The van der Waals surface area contributed by atoms with Crippen molar-refractivity contribution in [1.82, 2.24) is 15.0 Å². The second-order valence-electron chi connectivity index (χ2n) is 7.41. The Morgan fingerprint density at radius 1 is 1.00 bits per heavy atom. The number of nitrogens with one attached hydrogen (secondary N) is 1. The fraction of sp³-hybridized carbons (Fsp3) is 0.0769. The second kappa shape index (κ2) is 9.59. The van der Waals surface area contributed by atoms with Crippen LogP contribution in [0.2, 0.25) is 5.02 Å². The molecule has 3 aromatic carbocycles. The average molecular weight is 487 g/mol. The largest absolute Gasteiger partial charge is 0.462 e. The molecule has 168 valence electrons. The molecule has 0 aliphatic carbocycles. The van der Waals surface area contributed by atoms with Gasteiger partial charge < -0.3 is 10.1 Å². The molecule has 0 radical (unpaired) electrons. The monoisotopic (exact) mass is 486 g/mol. The van der Waals surface area contributed by atoms with Crippen molar-refractivity contribution in [1.29, 1.82) is 0 Å². The van der Waals surface area contributed by atoms with Crippen molar-refractivity contribution in [3.63, 3.8) is 0 Å². The minimum Gasteiger partial charge on any atom is -0.462 e. The molecular weight excluding hydrogens is 468 g/mol. The van der Waals surface area contributed by atoms with Crippen LogP contribution < -0.4 is 5.32 Å². The zero-order valence-corrected chi connectivity index (χ0v) is 19.7. The molecule has 34 heavy (non-hydrogen) atoms. The van der Waals surface area contributed by atoms with Crippen LogP contribution in [-0.2, 0) is 4.74 Å². The van der Waals surface area contributed by atoms with Crippen LogP contribution in [0.1, 0.15) is 17.3 Å². The third-order valence-electron chi connectivity index (χ3n) is 5.16. The number of carbonyl (C=O) groups excluding carboxylic acids is 1. The maximum atomic E-state index is 12.5. The smallest absolute Gasteiger partial charge is 0.343 e. The number of anilines is 2. The number of esters is 1. The SMILES string of the molecule is CCOC(=O)c1cnc(-c2ccc(Cl)cc2)nc1Nc1nc(-c2ccc3ccccc3c2)cs1. The Labute approximate surface area is 205 Å². The predicted octanol–water partition coefficient (Wildman–Crippen LogP) is 6.99. The van der Waals surface area contributed by atoms with Crippen molar-refractivity contribution in [3.05, 3.63) is 88.9 Å². The Hall–Kier alpha value is -3.81. The van der Waals surface area contributed by atoms with Gasteiger partial charge in [0.2, 0.25) is 0 Å². The summed E-state index contributed by atoms with van der Waals surface area (Å²) in [6.07, 6.45) is 1.47. The van der Waals surface area contributed by atoms with Crippen LogP contribution in [-0.4, -0.2) is 27.5 Å². The van der Waals surface area contributed by atoms with E-state index in [1.165, 1.54) is 22.9 Å². The maximum absolute atomic E-state index is 12.5. The van der Waals surface area contributed by atoms with E-state index in [1.807, 2.05) is 29.6 Å². The summed E-state index contributed by atoms with van der Waals surface area (Å²) in [5, 5.41) is 8.71. The molecule has 0 fully saturated rings. The van der Waals surface area contributed by atoms with E-state index < -0.39 is 5.97 Å². The first kappa shape index (κ1) is 22.0. The van der Waals surface area contributed by atoms with Gasteiger partial charge in [0.15, 0.2) is 16.8 Å². The second-order valence-corrected chi connectivity index (χ2v) is 8.70. The molecule has 0 unspecified atom stereocenters. The fourth-order valence-corrected chi connectivity index (χ4v) is 4.33. The van der Waals surface area contributed by atoms with Crippen LogP contribution in [0, 0.1) is 0 Å². The summed E-state index contributed by atoms with van der Waals surface area (Å²) in [5.41, 5.74) is 2.86. The van der Waals surface area contributed by atoms with Crippen LogP contribution in [0.15, 0.2) is 78.3 Å². The molecule has 0 bridgehead atoms. The standard InChI is InChI=1S/C26H19ClN4O2S/c1-2-33-25(32)21-14-28-23(17-9-11-20(27)12-10-17)30-24(21)31-26-29-22(15-34-26)19-8-7-16-5-3-4-6-18(16)13-19/h3-15H,2H2,1H3,(H,28,29,30,31). The molecule has 2 aromatic heterocycles. The highest BCUT2D eigenvalue weighted by Crippen LogP contribution is 2.30. The zero-order chi connectivity index (χ0) is 23.5. The van der Waals surface area contributed by atoms with Gasteiger partial charge in [0.05, 0.1) is 12.3 Å². The molecule has 0 aliphatic heterocycles. The van der Waals surface area contributed by atoms with Gasteiger partial charge in [-0.25, -0.2) is 19.7 Å². The number of halogens is 1. The first-order chi connectivity index (χ1) is 16.6. The normalized spacial score (nSPS) is 10.9. The number of hydrogen-bond donors (Lipinski definition) is 1. The number of benzene rings is 3. The summed E-state index contributed by atoms with van der Waals surface area (Å²) in [5.74, 6) is 0.287. The highest BCUT2D eigenvalue weighted by Gasteiger charge is 2.18. The minimum atomic E-state index is -0.501. The van der Waals surface area contributed by atoms with Crippen LogP contribution in [0.5, 0.6) is 0 Å². The van der Waals surface area contributed by atoms with Crippen LogP contribution in [0.25, 0.3) is 33.4 Å². The predicted molar refractivity (Wildman–Crippen MR) is 137 cm³/mol. The molecular formula is C26H19ClN4O2S. The van der Waals surface area contributed by atoms with Crippen LogP contribution in [0.3, 0.4) is 0 Å². The molecule has 0 saturated heterocycles. The molecule has 2 heterocycles. The van der Waals surface area contributed by atoms with Crippen molar-refractivity contribution in [2.24, 2.45) is 0 Å². The van der Waals surface area contributed by atoms with Crippen LogP contribution in [0.4, 0.5) is 10.9 Å². The summed E-state index contributed by atoms with van der Waals surface area (Å²) >= 11 is 7.43. The Bertz CT molecular complexity index is 1480. The van der Waals surface area contributed by atoms with Gasteiger partial charge in [0.1, 0.15) is 5.56 Å². The van der Waals surface area contributed by atoms with E-state index in [-0.39, 0.29) is 12.2 Å². The summed E-state index contributed by atoms with van der Waals surface area (Å²) in [4.78, 5) is 26.2. The number of nitrogens with zero attached hydrogens (tertiary/aromatic N) is 3. The molecule has 5 rings (SSSR count). The molecule has 5 aromatic rings. The first-order valence-electron chi connectivity index (χ1n) is 10.6. The van der Waals surface area contributed by atoms with E-state index in [0.717, 1.165) is 22.2 Å². The zero-order valence-electron chi connectivity index (χ0n) is 18.2. The minimum absolute atomic E-state index is 0.238. The average Bonchev–Trinajstić information content (AvgIpc) is 3.33. The van der Waals surface area contributed by atoms with Gasteiger partial charge in [-0.1, -0.05) is 48.0 Å². The Balaban J connectivity index is 1.48. The molecule has 8 heteroatoms. The van der Waals surface area contributed by atoms with E-state index in [2.05, 4.69) is 45.6 Å². The molecule has 6 nitrogen and oxygen atoms in total. The summed E-state index contributed by atoms with van der Waals surface area (Å²) in [7, 11) is 0. The lowest BCUT2D eigenvalue weighted by Crippen LogP contribution is -2.11. The molecule has 0 saturated carbocycles. The molecule has 0 amide bonds. The number of thiazole rings is 1. The quantitative estimate of drug-likeness (QED) is 0.260. The summed E-state index contributed by atoms with van der Waals surface area (Å²) in [6.45, 7) is 2.01. The van der Waals surface area contributed by atoms with Gasteiger partial charge >= 0.3 is 5.97 Å². The lowest BCUT2D eigenvalue weighted by Gasteiger charge is -2.10. The third kappa shape index (κ3) is 4.62. The van der Waals surface area contributed by atoms with Gasteiger partial charge in [-0.3, -0.25) is 0 Å². The van der Waals surface area contributed by atoms with Gasteiger partial charge in [0, 0.05) is 27.7 Å². The highest BCUT2D eigenvalue weighted by molar-refractivity contribution is 7.14. The third-order valence-corrected chi connectivity index (χ3v) is 6.17. The van der Waals surface area contributed by atoms with Crippen molar-refractivity contribution in [2.75, 3.05) is 11.9 Å². The Morgan fingerprint density at radius 2 is 1.76 bits per heavy atom. The molecule has 0 aliphatic rings. The molecule has 0 atom stereocenters.